The Morgan fingerprint density at radius 3 is 2.16 bits per heavy atom. The van der Waals surface area contributed by atoms with Gasteiger partial charge in [0.2, 0.25) is 0 Å². The fourth-order valence-corrected chi connectivity index (χ4v) is 4.39. The van der Waals surface area contributed by atoms with E-state index in [1.807, 2.05) is 66.4 Å². The molecule has 1 saturated heterocycles. The second-order valence-electron chi connectivity index (χ2n) is 10.4. The van der Waals surface area contributed by atoms with Gasteiger partial charge in [-0.3, -0.25) is 0 Å². The van der Waals surface area contributed by atoms with Crippen LogP contribution in [0, 0.1) is 11.7 Å². The molecule has 0 aromatic heterocycles. The van der Waals surface area contributed by atoms with Crippen LogP contribution in [0.2, 0.25) is 0 Å². The SMILES string of the molecule is CC(C)[C@H](N[S@@](=O)C(C)(C)C)c1cccc(F)c1N1CCN(C(=O)OC(C)(C)C)CC1. The van der Waals surface area contributed by atoms with E-state index in [1.54, 1.807) is 11.0 Å². The first-order chi connectivity index (χ1) is 14.2. The minimum absolute atomic E-state index is 0.106. The van der Waals surface area contributed by atoms with Gasteiger partial charge in [0.05, 0.1) is 21.4 Å². The first kappa shape index (κ1) is 25.6. The second kappa shape index (κ2) is 9.86. The van der Waals surface area contributed by atoms with Gasteiger partial charge in [0.25, 0.3) is 0 Å². The van der Waals surface area contributed by atoms with Crippen molar-refractivity contribution in [3.63, 3.8) is 0 Å². The number of benzene rings is 1. The van der Waals surface area contributed by atoms with Crippen LogP contribution in [0.3, 0.4) is 0 Å². The molecule has 0 bridgehead atoms. The Morgan fingerprint density at radius 2 is 1.68 bits per heavy atom. The van der Waals surface area contributed by atoms with Crippen LogP contribution in [0.4, 0.5) is 14.9 Å². The molecule has 0 spiro atoms. The number of piperazine rings is 1. The fourth-order valence-electron chi connectivity index (χ4n) is 3.41. The number of anilines is 1. The molecule has 2 rings (SSSR count). The summed E-state index contributed by atoms with van der Waals surface area (Å²) in [6.07, 6.45) is -0.344. The molecule has 1 fully saturated rings. The van der Waals surface area contributed by atoms with Gasteiger partial charge in [-0.05, 0) is 59.1 Å². The third kappa shape index (κ3) is 6.91. The average molecular weight is 456 g/mol. The summed E-state index contributed by atoms with van der Waals surface area (Å²) in [5, 5.41) is 0. The van der Waals surface area contributed by atoms with Gasteiger partial charge in [0.1, 0.15) is 11.4 Å². The molecule has 1 aromatic carbocycles. The van der Waals surface area contributed by atoms with Gasteiger partial charge in [-0.25, -0.2) is 18.1 Å². The quantitative estimate of drug-likeness (QED) is 0.703. The standard InChI is InChI=1S/C23H38FN3O3S/c1-16(2)19(25-31(29)23(6,7)8)17-10-9-11-18(24)20(17)26-12-14-27(15-13-26)21(28)30-22(3,4)5/h9-11,16,19,25H,12-15H2,1-8H3/t19-,31-/m0/s1. The number of amides is 1. The molecule has 1 heterocycles. The molecule has 31 heavy (non-hydrogen) atoms. The molecule has 1 aliphatic rings. The lowest BCUT2D eigenvalue weighted by atomic mass is 9.94. The van der Waals surface area contributed by atoms with Crippen LogP contribution in [-0.4, -0.2) is 51.7 Å². The number of nitrogens with zero attached hydrogens (tertiary/aromatic N) is 2. The van der Waals surface area contributed by atoms with Gasteiger partial charge in [-0.15, -0.1) is 0 Å². The first-order valence-electron chi connectivity index (χ1n) is 10.9. The summed E-state index contributed by atoms with van der Waals surface area (Å²) in [6.45, 7) is 17.2. The summed E-state index contributed by atoms with van der Waals surface area (Å²) in [6, 6.07) is 4.78. The minimum atomic E-state index is -1.29. The number of carbonyl (C=O) groups is 1. The van der Waals surface area contributed by atoms with Crippen molar-refractivity contribution in [3.05, 3.63) is 29.6 Å². The summed E-state index contributed by atoms with van der Waals surface area (Å²) in [5.41, 5.74) is 0.757. The maximum atomic E-state index is 15.1. The lowest BCUT2D eigenvalue weighted by Crippen LogP contribution is -2.50. The highest BCUT2D eigenvalue weighted by atomic mass is 32.2. The van der Waals surface area contributed by atoms with E-state index in [0.717, 1.165) is 5.56 Å². The number of para-hydroxylation sites is 1. The van der Waals surface area contributed by atoms with Crippen LogP contribution >= 0.6 is 0 Å². The molecule has 6 nitrogen and oxygen atoms in total. The first-order valence-corrected chi connectivity index (χ1v) is 12.0. The largest absolute Gasteiger partial charge is 0.444 e. The molecule has 0 unspecified atom stereocenters. The van der Waals surface area contributed by atoms with E-state index < -0.39 is 21.3 Å². The molecule has 8 heteroatoms. The Hall–Kier alpha value is -1.67. The number of nitrogens with one attached hydrogen (secondary N) is 1. The molecule has 0 aliphatic carbocycles. The molecular weight excluding hydrogens is 417 g/mol. The van der Waals surface area contributed by atoms with E-state index in [0.29, 0.717) is 31.9 Å². The van der Waals surface area contributed by atoms with E-state index >= 15 is 4.39 Å². The number of ether oxygens (including phenoxy) is 1. The van der Waals surface area contributed by atoms with Gasteiger partial charge >= 0.3 is 6.09 Å². The Morgan fingerprint density at radius 1 is 1.10 bits per heavy atom. The van der Waals surface area contributed by atoms with Crippen LogP contribution in [0.15, 0.2) is 18.2 Å². The van der Waals surface area contributed by atoms with Crippen molar-refractivity contribution in [2.75, 3.05) is 31.1 Å². The third-order valence-corrected chi connectivity index (χ3v) is 6.64. The van der Waals surface area contributed by atoms with Crippen molar-refractivity contribution in [2.45, 2.75) is 71.8 Å². The third-order valence-electron chi connectivity index (χ3n) is 5.06. The van der Waals surface area contributed by atoms with Crippen LogP contribution in [0.25, 0.3) is 0 Å². The molecule has 0 radical (unpaired) electrons. The molecular formula is C23H38FN3O3S. The monoisotopic (exact) mass is 455 g/mol. The predicted molar refractivity (Wildman–Crippen MR) is 125 cm³/mol. The Balaban J connectivity index is 2.25. The molecule has 1 aliphatic heterocycles. The average Bonchev–Trinajstić information content (AvgIpc) is 2.63. The summed E-state index contributed by atoms with van der Waals surface area (Å²) in [4.78, 5) is 16.0. The number of hydrogen-bond acceptors (Lipinski definition) is 4. The van der Waals surface area contributed by atoms with E-state index in [2.05, 4.69) is 4.72 Å². The number of halogens is 1. The molecule has 2 atom stereocenters. The van der Waals surface area contributed by atoms with Crippen molar-refractivity contribution in [1.29, 1.82) is 0 Å². The maximum absolute atomic E-state index is 15.1. The van der Waals surface area contributed by atoms with E-state index in [-0.39, 0.29) is 23.9 Å². The Bertz CT molecular complexity index is 794. The highest BCUT2D eigenvalue weighted by Gasteiger charge is 2.31. The summed E-state index contributed by atoms with van der Waals surface area (Å²) < 4.78 is 36.1. The van der Waals surface area contributed by atoms with Gasteiger partial charge in [-0.2, -0.15) is 0 Å². The van der Waals surface area contributed by atoms with E-state index in [1.165, 1.54) is 6.07 Å². The normalized spacial score (nSPS) is 17.6. The van der Waals surface area contributed by atoms with Crippen molar-refractivity contribution >= 4 is 22.8 Å². The maximum Gasteiger partial charge on any atom is 0.410 e. The molecule has 1 aromatic rings. The van der Waals surface area contributed by atoms with Crippen molar-refractivity contribution in [2.24, 2.45) is 5.92 Å². The molecule has 0 saturated carbocycles. The zero-order valence-electron chi connectivity index (χ0n) is 20.1. The summed E-state index contributed by atoms with van der Waals surface area (Å²) >= 11 is 0. The van der Waals surface area contributed by atoms with Crippen LogP contribution in [-0.2, 0) is 15.7 Å². The summed E-state index contributed by atoms with van der Waals surface area (Å²) in [5.74, 6) is -0.202. The smallest absolute Gasteiger partial charge is 0.410 e. The minimum Gasteiger partial charge on any atom is -0.444 e. The van der Waals surface area contributed by atoms with Gasteiger partial charge in [0.15, 0.2) is 0 Å². The lowest BCUT2D eigenvalue weighted by molar-refractivity contribution is 0.0240. The topological polar surface area (TPSA) is 61.9 Å². The van der Waals surface area contributed by atoms with Gasteiger partial charge in [-0.1, -0.05) is 26.0 Å². The van der Waals surface area contributed by atoms with Crippen molar-refractivity contribution in [3.8, 4) is 0 Å². The van der Waals surface area contributed by atoms with Crippen molar-refractivity contribution < 1.29 is 18.1 Å². The van der Waals surface area contributed by atoms with Crippen LogP contribution < -0.4 is 9.62 Å². The molecule has 1 N–H and O–H groups in total. The lowest BCUT2D eigenvalue weighted by Gasteiger charge is -2.39. The molecule has 1 amide bonds. The predicted octanol–water partition coefficient (Wildman–Crippen LogP) is 4.63. The zero-order valence-corrected chi connectivity index (χ0v) is 20.9. The fraction of sp³-hybridized carbons (Fsp3) is 0.696. The number of carbonyl (C=O) groups excluding carboxylic acids is 1. The van der Waals surface area contributed by atoms with Gasteiger partial charge in [0, 0.05) is 32.2 Å². The summed E-state index contributed by atoms with van der Waals surface area (Å²) in [7, 11) is -1.29. The van der Waals surface area contributed by atoms with E-state index in [9.17, 15) is 9.00 Å². The Kier molecular flexibility index (Phi) is 8.14. The zero-order chi connectivity index (χ0) is 23.6. The van der Waals surface area contributed by atoms with Crippen LogP contribution in [0.5, 0.6) is 0 Å². The van der Waals surface area contributed by atoms with Crippen molar-refractivity contribution in [1.82, 2.24) is 9.62 Å². The second-order valence-corrected chi connectivity index (χ2v) is 12.4. The highest BCUT2D eigenvalue weighted by molar-refractivity contribution is 7.84. The van der Waals surface area contributed by atoms with Gasteiger partial charge < -0.3 is 14.5 Å². The molecule has 176 valence electrons. The number of hydrogen-bond donors (Lipinski definition) is 1. The number of rotatable bonds is 5. The highest BCUT2D eigenvalue weighted by Crippen LogP contribution is 2.34. The van der Waals surface area contributed by atoms with E-state index in [4.69, 9.17) is 4.74 Å². The Labute approximate surface area is 189 Å². The van der Waals surface area contributed by atoms with Crippen LogP contribution in [0.1, 0.15) is 67.0 Å².